The Balaban J connectivity index is 2.86. The van der Waals surface area contributed by atoms with Gasteiger partial charge in [-0.2, -0.15) is 0 Å². The molecule has 0 amide bonds. The van der Waals surface area contributed by atoms with Crippen molar-refractivity contribution in [3.8, 4) is 0 Å². The van der Waals surface area contributed by atoms with Gasteiger partial charge in [-0.15, -0.1) is 0 Å². The Morgan fingerprint density at radius 1 is 1.56 bits per heavy atom. The average Bonchev–Trinajstić information content (AvgIpc) is 2.33. The van der Waals surface area contributed by atoms with Crippen molar-refractivity contribution >= 4 is 33.3 Å². The van der Waals surface area contributed by atoms with Gasteiger partial charge in [-0.1, -0.05) is 15.9 Å². The quantitative estimate of drug-likeness (QED) is 0.513. The molecule has 7 heteroatoms. The molecular formula is C11H13BrN2O4. The number of nitro benzene ring substituents is 1. The monoisotopic (exact) mass is 316 g/mol. The molecule has 0 aliphatic heterocycles. The summed E-state index contributed by atoms with van der Waals surface area (Å²) in [4.78, 5) is 21.5. The van der Waals surface area contributed by atoms with Crippen LogP contribution in [0.2, 0.25) is 0 Å². The Morgan fingerprint density at radius 2 is 2.22 bits per heavy atom. The molecule has 0 spiro atoms. The number of methoxy groups -OCH3 is 1. The number of hydrogen-bond donors (Lipinski definition) is 1. The summed E-state index contributed by atoms with van der Waals surface area (Å²) in [7, 11) is 1.30. The smallest absolute Gasteiger partial charge is 0.307 e. The number of carbonyl (C=O) groups excluding carboxylic acids is 1. The number of hydrogen-bond acceptors (Lipinski definition) is 5. The maximum absolute atomic E-state index is 11.0. The minimum atomic E-state index is -0.444. The number of esters is 1. The lowest BCUT2D eigenvalue weighted by atomic mass is 10.1. The number of nitrogens with one attached hydrogen (secondary N) is 1. The molecule has 18 heavy (non-hydrogen) atoms. The highest BCUT2D eigenvalue weighted by Gasteiger charge is 2.19. The van der Waals surface area contributed by atoms with Crippen LogP contribution in [0.3, 0.4) is 0 Å². The van der Waals surface area contributed by atoms with E-state index in [0.29, 0.717) is 15.7 Å². The van der Waals surface area contributed by atoms with E-state index < -0.39 is 4.92 Å². The second-order valence-electron chi connectivity index (χ2n) is 3.58. The second kappa shape index (κ2) is 6.34. The molecule has 1 aromatic rings. The van der Waals surface area contributed by atoms with E-state index >= 15 is 0 Å². The third-order valence-electron chi connectivity index (χ3n) is 2.42. The third-order valence-corrected chi connectivity index (χ3v) is 3.28. The van der Waals surface area contributed by atoms with E-state index in [1.54, 1.807) is 19.1 Å². The molecule has 1 aromatic carbocycles. The lowest BCUT2D eigenvalue weighted by molar-refractivity contribution is -0.384. The molecule has 6 nitrogen and oxygen atoms in total. The molecule has 0 aromatic heterocycles. The Kier molecular flexibility index (Phi) is 5.08. The van der Waals surface area contributed by atoms with Gasteiger partial charge in [0.2, 0.25) is 0 Å². The summed E-state index contributed by atoms with van der Waals surface area (Å²) >= 11 is 3.24. The van der Waals surface area contributed by atoms with Crippen molar-refractivity contribution in [2.24, 2.45) is 0 Å². The normalized spacial score (nSPS) is 9.94. The van der Waals surface area contributed by atoms with Gasteiger partial charge in [-0.25, -0.2) is 0 Å². The summed E-state index contributed by atoms with van der Waals surface area (Å²) in [6.07, 6.45) is 0.156. The van der Waals surface area contributed by atoms with Crippen LogP contribution >= 0.6 is 15.9 Å². The molecule has 0 saturated heterocycles. The zero-order valence-electron chi connectivity index (χ0n) is 10.0. The van der Waals surface area contributed by atoms with E-state index in [2.05, 4.69) is 26.0 Å². The summed E-state index contributed by atoms with van der Waals surface area (Å²) in [6, 6.07) is 3.33. The largest absolute Gasteiger partial charge is 0.469 e. The van der Waals surface area contributed by atoms with Gasteiger partial charge in [-0.3, -0.25) is 14.9 Å². The van der Waals surface area contributed by atoms with E-state index in [-0.39, 0.29) is 24.6 Å². The zero-order chi connectivity index (χ0) is 13.7. The number of carbonyl (C=O) groups is 1. The van der Waals surface area contributed by atoms with Crippen molar-refractivity contribution in [3.05, 3.63) is 32.3 Å². The standard InChI is InChI=1S/C11H13BrN2O4/c1-7-8(12)3-4-9(11(7)14(16)17)13-6-5-10(15)18-2/h3-4,13H,5-6H2,1-2H3. The molecule has 1 N–H and O–H groups in total. The number of nitrogens with zero attached hydrogens (tertiary/aromatic N) is 1. The molecule has 0 aliphatic carbocycles. The van der Waals surface area contributed by atoms with E-state index in [4.69, 9.17) is 0 Å². The molecule has 0 bridgehead atoms. The highest BCUT2D eigenvalue weighted by Crippen LogP contribution is 2.33. The van der Waals surface area contributed by atoms with Crippen molar-refractivity contribution in [1.82, 2.24) is 0 Å². The van der Waals surface area contributed by atoms with Gasteiger partial charge >= 0.3 is 5.97 Å². The highest BCUT2D eigenvalue weighted by atomic mass is 79.9. The topological polar surface area (TPSA) is 81.5 Å². The Morgan fingerprint density at radius 3 is 2.78 bits per heavy atom. The first kappa shape index (κ1) is 14.4. The van der Waals surface area contributed by atoms with E-state index in [1.807, 2.05) is 0 Å². The summed E-state index contributed by atoms with van der Waals surface area (Å²) < 4.78 is 5.16. The fourth-order valence-electron chi connectivity index (χ4n) is 1.45. The number of ether oxygens (including phenoxy) is 1. The maximum atomic E-state index is 11.0. The number of rotatable bonds is 5. The van der Waals surface area contributed by atoms with Crippen LogP contribution in [0.4, 0.5) is 11.4 Å². The molecule has 0 fully saturated rings. The predicted octanol–water partition coefficient (Wildman–Crippen LogP) is 2.64. The predicted molar refractivity (Wildman–Crippen MR) is 70.7 cm³/mol. The van der Waals surface area contributed by atoms with Crippen molar-refractivity contribution < 1.29 is 14.5 Å². The van der Waals surface area contributed by atoms with Gasteiger partial charge in [0.05, 0.1) is 18.5 Å². The Labute approximate surface area is 113 Å². The molecule has 0 atom stereocenters. The molecule has 0 aliphatic rings. The molecular weight excluding hydrogens is 304 g/mol. The highest BCUT2D eigenvalue weighted by molar-refractivity contribution is 9.10. The number of benzene rings is 1. The first-order chi connectivity index (χ1) is 8.47. The Hall–Kier alpha value is -1.63. The summed E-state index contributed by atoms with van der Waals surface area (Å²) in [6.45, 7) is 1.95. The minimum absolute atomic E-state index is 0.00856. The fourth-order valence-corrected chi connectivity index (χ4v) is 1.77. The van der Waals surface area contributed by atoms with Crippen LogP contribution in [0.5, 0.6) is 0 Å². The first-order valence-electron chi connectivity index (χ1n) is 5.21. The molecule has 0 unspecified atom stereocenters. The van der Waals surface area contributed by atoms with Crippen LogP contribution in [0, 0.1) is 17.0 Å². The summed E-state index contributed by atoms with van der Waals surface area (Å²) in [5.41, 5.74) is 0.946. The fraction of sp³-hybridized carbons (Fsp3) is 0.364. The van der Waals surface area contributed by atoms with Crippen LogP contribution in [0.25, 0.3) is 0 Å². The van der Waals surface area contributed by atoms with Crippen LogP contribution in [0.15, 0.2) is 16.6 Å². The van der Waals surface area contributed by atoms with Crippen LogP contribution in [0.1, 0.15) is 12.0 Å². The molecule has 1 rings (SSSR count). The van der Waals surface area contributed by atoms with E-state index in [9.17, 15) is 14.9 Å². The Bertz CT molecular complexity index is 476. The molecule has 0 saturated carbocycles. The first-order valence-corrected chi connectivity index (χ1v) is 6.01. The van der Waals surface area contributed by atoms with Crippen molar-refractivity contribution in [3.63, 3.8) is 0 Å². The van der Waals surface area contributed by atoms with Gasteiger partial charge in [0, 0.05) is 16.6 Å². The molecule has 0 heterocycles. The number of halogens is 1. The van der Waals surface area contributed by atoms with Crippen LogP contribution < -0.4 is 5.32 Å². The van der Waals surface area contributed by atoms with Crippen LogP contribution in [-0.2, 0) is 9.53 Å². The van der Waals surface area contributed by atoms with Gasteiger partial charge in [0.1, 0.15) is 5.69 Å². The zero-order valence-corrected chi connectivity index (χ0v) is 11.6. The third kappa shape index (κ3) is 3.43. The van der Waals surface area contributed by atoms with Gasteiger partial charge < -0.3 is 10.1 Å². The maximum Gasteiger partial charge on any atom is 0.307 e. The van der Waals surface area contributed by atoms with Crippen LogP contribution in [-0.4, -0.2) is 24.5 Å². The molecule has 0 radical (unpaired) electrons. The van der Waals surface area contributed by atoms with Gasteiger partial charge in [0.15, 0.2) is 0 Å². The second-order valence-corrected chi connectivity index (χ2v) is 4.43. The van der Waals surface area contributed by atoms with Gasteiger partial charge in [0.25, 0.3) is 5.69 Å². The van der Waals surface area contributed by atoms with Gasteiger partial charge in [-0.05, 0) is 19.1 Å². The van der Waals surface area contributed by atoms with Crippen molar-refractivity contribution in [2.45, 2.75) is 13.3 Å². The summed E-state index contributed by atoms with van der Waals surface area (Å²) in [5, 5.41) is 13.9. The minimum Gasteiger partial charge on any atom is -0.469 e. The number of nitro groups is 1. The average molecular weight is 317 g/mol. The lowest BCUT2D eigenvalue weighted by Gasteiger charge is -2.09. The number of anilines is 1. The summed E-state index contributed by atoms with van der Waals surface area (Å²) in [5.74, 6) is -0.362. The van der Waals surface area contributed by atoms with E-state index in [0.717, 1.165) is 0 Å². The van der Waals surface area contributed by atoms with Crippen molar-refractivity contribution in [2.75, 3.05) is 19.0 Å². The van der Waals surface area contributed by atoms with E-state index in [1.165, 1.54) is 7.11 Å². The van der Waals surface area contributed by atoms with Crippen molar-refractivity contribution in [1.29, 1.82) is 0 Å². The lowest BCUT2D eigenvalue weighted by Crippen LogP contribution is -2.11. The molecule has 98 valence electrons. The SMILES string of the molecule is COC(=O)CCNc1ccc(Br)c(C)c1[N+](=O)[O-].